The molecule has 1 aromatic heterocycles. The van der Waals surface area contributed by atoms with E-state index in [-0.39, 0.29) is 23.6 Å². The van der Waals surface area contributed by atoms with E-state index in [9.17, 15) is 32.7 Å². The minimum Gasteiger partial charge on any atom is -0.414 e. The molecule has 1 aliphatic heterocycles. The zero-order chi connectivity index (χ0) is 25.2. The third-order valence-electron chi connectivity index (χ3n) is 5.71. The molecule has 0 saturated carbocycles. The second-order valence-electron chi connectivity index (χ2n) is 9.20. The number of carbonyl (C=O) groups is 1. The van der Waals surface area contributed by atoms with Gasteiger partial charge in [-0.2, -0.15) is 13.2 Å². The number of aromatic amines is 1. The van der Waals surface area contributed by atoms with Crippen LogP contribution in [0.5, 0.6) is 0 Å². The Morgan fingerprint density at radius 3 is 2.58 bits per heavy atom. The van der Waals surface area contributed by atoms with Crippen molar-refractivity contribution in [3.8, 4) is 11.8 Å². The average Bonchev–Trinajstić information content (AvgIpc) is 3.03. The average molecular weight is 492 g/mol. The summed E-state index contributed by atoms with van der Waals surface area (Å²) < 4.78 is 49.5. The first-order valence-corrected chi connectivity index (χ1v) is 13.1. The molecular weight excluding hydrogens is 463 g/mol. The van der Waals surface area contributed by atoms with Crippen LogP contribution >= 0.6 is 0 Å². The number of amides is 1. The topological polar surface area (TPSA) is 123 Å². The monoisotopic (exact) mass is 491 g/mol. The van der Waals surface area contributed by atoms with Gasteiger partial charge in [-0.15, -0.1) is 0 Å². The summed E-state index contributed by atoms with van der Waals surface area (Å²) in [5.74, 6) is 2.39. The highest BCUT2D eigenvalue weighted by Crippen LogP contribution is 2.37. The van der Waals surface area contributed by atoms with Crippen LogP contribution in [0.15, 0.2) is 15.8 Å². The quantitative estimate of drug-likeness (QED) is 0.421. The van der Waals surface area contributed by atoms with Crippen LogP contribution in [-0.2, 0) is 14.0 Å². The molecule has 1 fully saturated rings. The molecule has 1 saturated heterocycles. The van der Waals surface area contributed by atoms with Crippen LogP contribution < -0.4 is 16.6 Å². The van der Waals surface area contributed by atoms with E-state index in [1.165, 1.54) is 0 Å². The molecule has 9 nitrogen and oxygen atoms in total. The molecule has 0 spiro atoms. The number of carbonyl (C=O) groups excluding carboxylic acids is 1. The van der Waals surface area contributed by atoms with Crippen molar-refractivity contribution in [1.29, 1.82) is 0 Å². The van der Waals surface area contributed by atoms with Gasteiger partial charge in [-0.25, -0.2) is 4.79 Å². The van der Waals surface area contributed by atoms with E-state index >= 15 is 0 Å². The van der Waals surface area contributed by atoms with Crippen molar-refractivity contribution < 1.29 is 32.2 Å². The molecule has 3 N–H and O–H groups in total. The van der Waals surface area contributed by atoms with Crippen molar-refractivity contribution in [3.05, 3.63) is 32.6 Å². The molecule has 2 heterocycles. The van der Waals surface area contributed by atoms with E-state index in [4.69, 9.17) is 9.16 Å². The Labute approximate surface area is 189 Å². The largest absolute Gasteiger partial charge is 0.471 e. The molecule has 1 aliphatic rings. The van der Waals surface area contributed by atoms with E-state index in [1.807, 2.05) is 0 Å². The molecule has 1 aromatic rings. The van der Waals surface area contributed by atoms with E-state index in [1.54, 1.807) is 5.32 Å². The minimum atomic E-state index is -5.04. The smallest absolute Gasteiger partial charge is 0.414 e. The molecule has 3 atom stereocenters. The van der Waals surface area contributed by atoms with Gasteiger partial charge >= 0.3 is 17.8 Å². The number of aromatic nitrogens is 2. The van der Waals surface area contributed by atoms with Crippen LogP contribution in [0.3, 0.4) is 0 Å². The van der Waals surface area contributed by atoms with E-state index < -0.39 is 56.6 Å². The molecule has 0 aromatic carbocycles. The molecular formula is C20H28F3N3O6Si. The lowest BCUT2D eigenvalue weighted by Crippen LogP contribution is -2.44. The number of halogens is 3. The van der Waals surface area contributed by atoms with Gasteiger partial charge in [0.2, 0.25) is 0 Å². The lowest BCUT2D eigenvalue weighted by molar-refractivity contribution is -0.173. The van der Waals surface area contributed by atoms with Crippen LogP contribution in [0.2, 0.25) is 18.1 Å². The second kappa shape index (κ2) is 9.84. The molecule has 0 radical (unpaired) electrons. The summed E-state index contributed by atoms with van der Waals surface area (Å²) in [7, 11) is -2.10. The highest BCUT2D eigenvalue weighted by molar-refractivity contribution is 6.74. The maximum Gasteiger partial charge on any atom is 0.471 e. The molecule has 0 bridgehead atoms. The van der Waals surface area contributed by atoms with Crippen molar-refractivity contribution in [2.45, 2.75) is 69.9 Å². The number of hydrogen-bond donors (Lipinski definition) is 3. The van der Waals surface area contributed by atoms with Gasteiger partial charge in [-0.1, -0.05) is 32.6 Å². The maximum atomic E-state index is 12.3. The molecule has 13 heteroatoms. The number of ether oxygens (including phenoxy) is 1. The van der Waals surface area contributed by atoms with Gasteiger partial charge in [0.1, 0.15) is 17.9 Å². The third-order valence-corrected chi connectivity index (χ3v) is 10.2. The van der Waals surface area contributed by atoms with Crippen molar-refractivity contribution >= 4 is 14.2 Å². The van der Waals surface area contributed by atoms with Crippen LogP contribution in [0.25, 0.3) is 0 Å². The molecule has 2 rings (SSSR count). The fourth-order valence-corrected chi connectivity index (χ4v) is 3.71. The number of aliphatic hydroxyl groups excluding tert-OH is 1. The van der Waals surface area contributed by atoms with Gasteiger partial charge in [0, 0.05) is 12.6 Å². The summed E-state index contributed by atoms with van der Waals surface area (Å²) in [5.41, 5.74) is -1.85. The predicted octanol–water partition coefficient (Wildman–Crippen LogP) is 1.24. The Morgan fingerprint density at radius 1 is 1.36 bits per heavy atom. The minimum absolute atomic E-state index is 0.0427. The van der Waals surface area contributed by atoms with Crippen LogP contribution in [-0.4, -0.2) is 60.4 Å². The molecule has 3 unspecified atom stereocenters. The maximum absolute atomic E-state index is 12.3. The lowest BCUT2D eigenvalue weighted by atomic mass is 10.2. The first-order valence-electron chi connectivity index (χ1n) is 10.2. The van der Waals surface area contributed by atoms with Gasteiger partial charge in [0.05, 0.1) is 19.3 Å². The summed E-state index contributed by atoms with van der Waals surface area (Å²) in [5, 5.41) is 11.9. The summed E-state index contributed by atoms with van der Waals surface area (Å²) in [4.78, 5) is 37.1. The normalized spacial score (nSPS) is 21.4. The van der Waals surface area contributed by atoms with E-state index in [0.717, 1.165) is 10.8 Å². The molecule has 0 aliphatic carbocycles. The Kier molecular flexibility index (Phi) is 8.00. The summed E-state index contributed by atoms with van der Waals surface area (Å²) >= 11 is 0. The fourth-order valence-electron chi connectivity index (χ4n) is 2.70. The third kappa shape index (κ3) is 6.79. The summed E-state index contributed by atoms with van der Waals surface area (Å²) in [6.07, 6.45) is -6.37. The zero-order valence-electron chi connectivity index (χ0n) is 19.0. The van der Waals surface area contributed by atoms with Gasteiger partial charge in [0.25, 0.3) is 5.56 Å². The fraction of sp³-hybridized carbons (Fsp3) is 0.650. The lowest BCUT2D eigenvalue weighted by Gasteiger charge is -2.37. The first-order chi connectivity index (χ1) is 15.0. The van der Waals surface area contributed by atoms with Gasteiger partial charge in [-0.05, 0) is 18.1 Å². The summed E-state index contributed by atoms with van der Waals surface area (Å²) in [6, 6.07) is 0. The van der Waals surface area contributed by atoms with Crippen LogP contribution in [0.1, 0.15) is 39.0 Å². The standard InChI is InChI=1S/C20H28F3N3O6Si/c1-19(2,3)33(4,5)31-11-14-13(27)9-15(32-14)26-10-12(16(28)25-18(26)30)7-6-8-24-17(29)20(21,22)23/h10,13-15,27H,8-9,11H2,1-5H3,(H,24,29)(H,25,28,30). The Balaban J connectivity index is 2.12. The SMILES string of the molecule is CC(C)(C)[Si](C)(C)OCC1OC(n2cc(C#CCNC(=O)C(F)(F)F)c(=O)[nH]c2=O)CC1O. The number of alkyl halides is 3. The predicted molar refractivity (Wildman–Crippen MR) is 115 cm³/mol. The number of nitrogens with one attached hydrogen (secondary N) is 2. The Hall–Kier alpha value is -2.40. The van der Waals surface area contributed by atoms with Crippen LogP contribution in [0.4, 0.5) is 13.2 Å². The number of nitrogens with zero attached hydrogens (tertiary/aromatic N) is 1. The first kappa shape index (κ1) is 26.8. The van der Waals surface area contributed by atoms with E-state index in [0.29, 0.717) is 0 Å². The molecule has 184 valence electrons. The van der Waals surface area contributed by atoms with Gasteiger partial charge in [-0.3, -0.25) is 19.1 Å². The van der Waals surface area contributed by atoms with Crippen molar-refractivity contribution in [2.24, 2.45) is 0 Å². The van der Waals surface area contributed by atoms with Gasteiger partial charge < -0.3 is 19.6 Å². The zero-order valence-corrected chi connectivity index (χ0v) is 20.0. The van der Waals surface area contributed by atoms with Gasteiger partial charge in [0.15, 0.2) is 8.32 Å². The highest BCUT2D eigenvalue weighted by atomic mass is 28.4. The molecule has 1 amide bonds. The second-order valence-corrected chi connectivity index (χ2v) is 14.0. The van der Waals surface area contributed by atoms with Crippen molar-refractivity contribution in [1.82, 2.24) is 14.9 Å². The number of rotatable bonds is 5. The summed E-state index contributed by atoms with van der Waals surface area (Å²) in [6.45, 7) is 9.82. The Morgan fingerprint density at radius 2 is 2.00 bits per heavy atom. The number of H-pyrrole nitrogens is 1. The van der Waals surface area contributed by atoms with Crippen molar-refractivity contribution in [2.75, 3.05) is 13.2 Å². The number of aliphatic hydroxyl groups is 1. The van der Waals surface area contributed by atoms with Crippen LogP contribution in [0, 0.1) is 11.8 Å². The Bertz CT molecular complexity index is 1050. The highest BCUT2D eigenvalue weighted by Gasteiger charge is 2.41. The molecule has 33 heavy (non-hydrogen) atoms. The number of hydrogen-bond acceptors (Lipinski definition) is 6. The van der Waals surface area contributed by atoms with E-state index in [2.05, 4.69) is 50.7 Å². The van der Waals surface area contributed by atoms with Crippen molar-refractivity contribution in [3.63, 3.8) is 0 Å².